The van der Waals surface area contributed by atoms with E-state index in [0.717, 1.165) is 24.7 Å². The van der Waals surface area contributed by atoms with Crippen LogP contribution in [-0.4, -0.2) is 34.3 Å². The average Bonchev–Trinajstić information content (AvgIpc) is 3.05. The van der Waals surface area contributed by atoms with Gasteiger partial charge in [-0.2, -0.15) is 5.10 Å². The Morgan fingerprint density at radius 2 is 1.81 bits per heavy atom. The van der Waals surface area contributed by atoms with Gasteiger partial charge in [0.2, 0.25) is 0 Å². The standard InChI is InChI=1S/C17H17N7O2/c25-16-17(26)23(14-8-11-7-12(11)9-14)6-5-22(16)10-13-1-2-15(20-19-13)24-4-3-18-21-24/h1-6,11-12,14H,7-10H2. The van der Waals surface area contributed by atoms with Crippen molar-refractivity contribution in [2.45, 2.75) is 31.8 Å². The fraction of sp³-hybridized carbons (Fsp3) is 0.412. The number of rotatable bonds is 4. The van der Waals surface area contributed by atoms with E-state index in [9.17, 15) is 9.59 Å². The predicted molar refractivity (Wildman–Crippen MR) is 90.9 cm³/mol. The van der Waals surface area contributed by atoms with Crippen molar-refractivity contribution in [3.8, 4) is 5.82 Å². The van der Waals surface area contributed by atoms with Crippen molar-refractivity contribution in [1.82, 2.24) is 34.3 Å². The first-order valence-electron chi connectivity index (χ1n) is 8.70. The summed E-state index contributed by atoms with van der Waals surface area (Å²) < 4.78 is 4.49. The van der Waals surface area contributed by atoms with Crippen LogP contribution in [0, 0.1) is 11.8 Å². The minimum Gasteiger partial charge on any atom is -0.306 e. The fourth-order valence-electron chi connectivity index (χ4n) is 3.91. The molecule has 3 aromatic heterocycles. The first-order chi connectivity index (χ1) is 12.7. The summed E-state index contributed by atoms with van der Waals surface area (Å²) in [5.74, 6) is 2.05. The van der Waals surface area contributed by atoms with Crippen molar-refractivity contribution in [3.05, 3.63) is 63.3 Å². The van der Waals surface area contributed by atoms with Gasteiger partial charge in [-0.05, 0) is 43.2 Å². The number of fused-ring (bicyclic) bond motifs is 1. The van der Waals surface area contributed by atoms with E-state index >= 15 is 0 Å². The molecular weight excluding hydrogens is 334 g/mol. The molecule has 0 N–H and O–H groups in total. The second kappa shape index (κ2) is 5.72. The molecule has 3 aromatic rings. The largest absolute Gasteiger partial charge is 0.316 e. The molecule has 132 valence electrons. The fourth-order valence-corrected chi connectivity index (χ4v) is 3.91. The molecule has 2 atom stereocenters. The molecular formula is C17H17N7O2. The van der Waals surface area contributed by atoms with Crippen LogP contribution in [0.1, 0.15) is 31.0 Å². The molecule has 2 saturated carbocycles. The van der Waals surface area contributed by atoms with Gasteiger partial charge >= 0.3 is 11.1 Å². The summed E-state index contributed by atoms with van der Waals surface area (Å²) in [5.41, 5.74) is -0.378. The van der Waals surface area contributed by atoms with Gasteiger partial charge in [0.1, 0.15) is 0 Å². The lowest BCUT2D eigenvalue weighted by Crippen LogP contribution is -2.42. The summed E-state index contributed by atoms with van der Waals surface area (Å²) in [5, 5.41) is 15.8. The van der Waals surface area contributed by atoms with E-state index in [1.165, 1.54) is 15.7 Å². The van der Waals surface area contributed by atoms with Crippen LogP contribution in [-0.2, 0) is 6.54 Å². The monoisotopic (exact) mass is 351 g/mol. The van der Waals surface area contributed by atoms with E-state index in [-0.39, 0.29) is 12.6 Å². The van der Waals surface area contributed by atoms with Gasteiger partial charge in [-0.25, -0.2) is 4.68 Å². The molecule has 2 fully saturated rings. The molecule has 2 aliphatic carbocycles. The van der Waals surface area contributed by atoms with Crippen LogP contribution in [0.4, 0.5) is 0 Å². The highest BCUT2D eigenvalue weighted by Crippen LogP contribution is 2.55. The van der Waals surface area contributed by atoms with E-state index in [0.29, 0.717) is 11.5 Å². The van der Waals surface area contributed by atoms with Crippen molar-refractivity contribution in [1.29, 1.82) is 0 Å². The second-order valence-electron chi connectivity index (χ2n) is 7.06. The lowest BCUT2D eigenvalue weighted by molar-refractivity contribution is 0.445. The number of nitrogens with zero attached hydrogens (tertiary/aromatic N) is 7. The highest BCUT2D eigenvalue weighted by molar-refractivity contribution is 5.19. The molecule has 5 rings (SSSR count). The third-order valence-electron chi connectivity index (χ3n) is 5.39. The minimum atomic E-state index is -0.518. The predicted octanol–water partition coefficient (Wildman–Crippen LogP) is 0.400. The van der Waals surface area contributed by atoms with Gasteiger partial charge in [-0.15, -0.1) is 10.2 Å². The first kappa shape index (κ1) is 15.2. The molecule has 9 nitrogen and oxygen atoms in total. The van der Waals surface area contributed by atoms with Crippen molar-refractivity contribution in [2.75, 3.05) is 0 Å². The summed E-state index contributed by atoms with van der Waals surface area (Å²) in [6.45, 7) is 0.204. The Morgan fingerprint density at radius 1 is 0.962 bits per heavy atom. The van der Waals surface area contributed by atoms with Crippen molar-refractivity contribution < 1.29 is 0 Å². The third-order valence-corrected chi connectivity index (χ3v) is 5.39. The summed E-state index contributed by atoms with van der Waals surface area (Å²) in [4.78, 5) is 24.9. The average molecular weight is 351 g/mol. The minimum absolute atomic E-state index is 0.176. The van der Waals surface area contributed by atoms with Crippen LogP contribution >= 0.6 is 0 Å². The Labute approximate surface area is 147 Å². The number of hydrogen-bond acceptors (Lipinski definition) is 6. The SMILES string of the molecule is O=c1c(=O)n(C2CC3CC3C2)ccn1Cc1ccc(-n2ccnn2)nn1. The first-order valence-corrected chi connectivity index (χ1v) is 8.70. The van der Waals surface area contributed by atoms with E-state index < -0.39 is 11.1 Å². The van der Waals surface area contributed by atoms with Gasteiger partial charge in [0, 0.05) is 18.4 Å². The van der Waals surface area contributed by atoms with E-state index in [2.05, 4.69) is 20.5 Å². The zero-order chi connectivity index (χ0) is 17.7. The van der Waals surface area contributed by atoms with E-state index in [1.54, 1.807) is 41.5 Å². The maximum Gasteiger partial charge on any atom is 0.316 e. The highest BCUT2D eigenvalue weighted by atomic mass is 16.2. The molecule has 0 radical (unpaired) electrons. The lowest BCUT2D eigenvalue weighted by Gasteiger charge is -2.16. The molecule has 0 aromatic carbocycles. The van der Waals surface area contributed by atoms with E-state index in [1.807, 2.05) is 0 Å². The van der Waals surface area contributed by atoms with Crippen LogP contribution in [0.5, 0.6) is 0 Å². The Balaban J connectivity index is 1.38. The summed E-state index contributed by atoms with van der Waals surface area (Å²) in [6, 6.07) is 3.68. The topological polar surface area (TPSA) is 100 Å². The summed E-state index contributed by atoms with van der Waals surface area (Å²) in [6.07, 6.45) is 9.94. The van der Waals surface area contributed by atoms with Crippen LogP contribution in [0.15, 0.2) is 46.5 Å². The molecule has 2 aliphatic rings. The summed E-state index contributed by atoms with van der Waals surface area (Å²) >= 11 is 0. The lowest BCUT2D eigenvalue weighted by atomic mass is 10.1. The molecule has 9 heteroatoms. The van der Waals surface area contributed by atoms with Crippen molar-refractivity contribution in [2.24, 2.45) is 11.8 Å². The molecule has 0 aliphatic heterocycles. The second-order valence-corrected chi connectivity index (χ2v) is 7.06. The molecule has 3 heterocycles. The molecule has 26 heavy (non-hydrogen) atoms. The van der Waals surface area contributed by atoms with Gasteiger partial charge < -0.3 is 9.13 Å². The van der Waals surface area contributed by atoms with E-state index in [4.69, 9.17) is 0 Å². The highest BCUT2D eigenvalue weighted by Gasteiger charge is 2.46. The summed E-state index contributed by atoms with van der Waals surface area (Å²) in [7, 11) is 0. The maximum absolute atomic E-state index is 12.5. The van der Waals surface area contributed by atoms with Gasteiger partial charge in [0.05, 0.1) is 24.6 Å². The third kappa shape index (κ3) is 2.56. The Kier molecular flexibility index (Phi) is 3.34. The molecule has 0 amide bonds. The Morgan fingerprint density at radius 3 is 2.50 bits per heavy atom. The van der Waals surface area contributed by atoms with Crippen LogP contribution in [0.2, 0.25) is 0 Å². The zero-order valence-corrected chi connectivity index (χ0v) is 14.0. The molecule has 0 spiro atoms. The quantitative estimate of drug-likeness (QED) is 0.631. The Bertz CT molecular complexity index is 1040. The molecule has 0 bridgehead atoms. The van der Waals surface area contributed by atoms with Crippen LogP contribution < -0.4 is 11.1 Å². The van der Waals surface area contributed by atoms with Crippen LogP contribution in [0.25, 0.3) is 5.82 Å². The molecule has 2 unspecified atom stereocenters. The van der Waals surface area contributed by atoms with Crippen LogP contribution in [0.3, 0.4) is 0 Å². The number of hydrogen-bond donors (Lipinski definition) is 0. The normalized spacial score (nSPS) is 23.8. The van der Waals surface area contributed by atoms with Gasteiger partial charge in [-0.3, -0.25) is 9.59 Å². The number of aromatic nitrogens is 7. The van der Waals surface area contributed by atoms with Gasteiger partial charge in [0.15, 0.2) is 5.82 Å². The zero-order valence-electron chi connectivity index (χ0n) is 14.0. The van der Waals surface area contributed by atoms with Gasteiger partial charge in [-0.1, -0.05) is 5.21 Å². The molecule has 0 saturated heterocycles. The van der Waals surface area contributed by atoms with Crippen molar-refractivity contribution >= 4 is 0 Å². The van der Waals surface area contributed by atoms with Crippen molar-refractivity contribution in [3.63, 3.8) is 0 Å². The Hall–Kier alpha value is -3.10. The van der Waals surface area contributed by atoms with Gasteiger partial charge in [0.25, 0.3) is 0 Å². The maximum atomic E-state index is 12.5. The smallest absolute Gasteiger partial charge is 0.306 e.